The first kappa shape index (κ1) is 10.8. The molecule has 0 amide bonds. The Morgan fingerprint density at radius 1 is 1.38 bits per heavy atom. The first-order valence-electron chi connectivity index (χ1n) is 2.49. The Hall–Kier alpha value is -0.160. The zero-order valence-corrected chi connectivity index (χ0v) is 4.85. The van der Waals surface area contributed by atoms with Crippen molar-refractivity contribution < 1.29 is 10.7 Å². The summed E-state index contributed by atoms with van der Waals surface area (Å²) < 4.78 is 0. The quantitative estimate of drug-likeness (QED) is 0.326. The van der Waals surface area contributed by atoms with Crippen molar-refractivity contribution in [1.82, 2.24) is 5.48 Å². The second-order valence-corrected chi connectivity index (χ2v) is 1.40. The summed E-state index contributed by atoms with van der Waals surface area (Å²) >= 11 is 0. The van der Waals surface area contributed by atoms with E-state index in [0.717, 1.165) is 12.8 Å². The van der Waals surface area contributed by atoms with Gasteiger partial charge in [0.25, 0.3) is 0 Å². The smallest absolute Gasteiger partial charge is 0.0207 e. The summed E-state index contributed by atoms with van der Waals surface area (Å²) in [7, 11) is 0. The largest absolute Gasteiger partial charge is 0.412 e. The van der Waals surface area contributed by atoms with Crippen LogP contribution in [0.2, 0.25) is 0 Å². The third-order valence-corrected chi connectivity index (χ3v) is 0.743. The summed E-state index contributed by atoms with van der Waals surface area (Å²) in [4.78, 5) is 0. The molecular weight excluding hydrogens is 108 g/mol. The first-order valence-corrected chi connectivity index (χ1v) is 2.49. The Balaban J connectivity index is 0. The van der Waals surface area contributed by atoms with E-state index in [1.807, 2.05) is 5.48 Å². The second kappa shape index (κ2) is 9.96. The van der Waals surface area contributed by atoms with E-state index in [4.69, 9.17) is 10.9 Å². The zero-order chi connectivity index (χ0) is 5.54. The van der Waals surface area contributed by atoms with E-state index in [2.05, 4.69) is 0 Å². The van der Waals surface area contributed by atoms with Crippen molar-refractivity contribution in [3.8, 4) is 0 Å². The van der Waals surface area contributed by atoms with Crippen molar-refractivity contribution in [3.63, 3.8) is 0 Å². The molecule has 0 aliphatic heterocycles. The standard InChI is InChI=1S/C4H12N2O.H2O/c5-3-1-2-4-6-7;/h6-7H,1-5H2;1H2. The van der Waals surface area contributed by atoms with Crippen LogP contribution in [0.15, 0.2) is 0 Å². The van der Waals surface area contributed by atoms with Gasteiger partial charge in [-0.15, -0.1) is 0 Å². The molecule has 6 N–H and O–H groups in total. The SMILES string of the molecule is NCCCCNO.O. The van der Waals surface area contributed by atoms with Crippen LogP contribution in [0.3, 0.4) is 0 Å². The van der Waals surface area contributed by atoms with Crippen LogP contribution < -0.4 is 11.2 Å². The molecule has 0 fully saturated rings. The van der Waals surface area contributed by atoms with Gasteiger partial charge in [0.15, 0.2) is 0 Å². The summed E-state index contributed by atoms with van der Waals surface area (Å²) in [6.07, 6.45) is 1.93. The van der Waals surface area contributed by atoms with E-state index in [-0.39, 0.29) is 5.48 Å². The van der Waals surface area contributed by atoms with Crippen LogP contribution in [0, 0.1) is 0 Å². The average Bonchev–Trinajstić information content (AvgIpc) is 1.69. The number of rotatable bonds is 4. The lowest BCUT2D eigenvalue weighted by atomic mass is 10.3. The summed E-state index contributed by atoms with van der Waals surface area (Å²) in [6.45, 7) is 1.36. The van der Waals surface area contributed by atoms with Crippen LogP contribution in [-0.2, 0) is 0 Å². The monoisotopic (exact) mass is 122 g/mol. The van der Waals surface area contributed by atoms with Crippen molar-refractivity contribution in [3.05, 3.63) is 0 Å². The molecule has 0 aromatic carbocycles. The maximum Gasteiger partial charge on any atom is 0.0207 e. The molecule has 4 heteroatoms. The Bertz CT molecular complexity index is 31.2. The third-order valence-electron chi connectivity index (χ3n) is 0.743. The number of nitrogens with one attached hydrogen (secondary N) is 1. The van der Waals surface area contributed by atoms with E-state index < -0.39 is 0 Å². The van der Waals surface area contributed by atoms with E-state index in [1.165, 1.54) is 0 Å². The molecule has 0 atom stereocenters. The molecule has 4 nitrogen and oxygen atoms in total. The van der Waals surface area contributed by atoms with Crippen LogP contribution in [-0.4, -0.2) is 23.8 Å². The van der Waals surface area contributed by atoms with Gasteiger partial charge in [-0.3, -0.25) is 0 Å². The van der Waals surface area contributed by atoms with Crippen molar-refractivity contribution in [1.29, 1.82) is 0 Å². The highest BCUT2D eigenvalue weighted by Crippen LogP contribution is 1.79. The topological polar surface area (TPSA) is 89.8 Å². The lowest BCUT2D eigenvalue weighted by molar-refractivity contribution is 0.165. The summed E-state index contributed by atoms with van der Waals surface area (Å²) in [5, 5.41) is 8.00. The van der Waals surface area contributed by atoms with Crippen LogP contribution in [0.4, 0.5) is 0 Å². The Morgan fingerprint density at radius 3 is 2.38 bits per heavy atom. The molecule has 0 unspecified atom stereocenters. The number of hydrogen-bond donors (Lipinski definition) is 3. The maximum atomic E-state index is 8.00. The molecule has 0 aromatic rings. The highest BCUT2D eigenvalue weighted by Gasteiger charge is 1.79. The highest BCUT2D eigenvalue weighted by molar-refractivity contribution is 4.39. The van der Waals surface area contributed by atoms with Crippen LogP contribution >= 0.6 is 0 Å². The van der Waals surface area contributed by atoms with Gasteiger partial charge in [0.2, 0.25) is 0 Å². The van der Waals surface area contributed by atoms with Crippen LogP contribution in [0.25, 0.3) is 0 Å². The Kier molecular flexibility index (Phi) is 13.4. The van der Waals surface area contributed by atoms with Gasteiger partial charge in [0.1, 0.15) is 0 Å². The Labute approximate surface area is 49.0 Å². The maximum absolute atomic E-state index is 8.00. The molecule has 0 heterocycles. The van der Waals surface area contributed by atoms with Gasteiger partial charge in [-0.05, 0) is 19.4 Å². The molecular formula is C4H14N2O2. The van der Waals surface area contributed by atoms with Gasteiger partial charge in [0.05, 0.1) is 0 Å². The fraction of sp³-hybridized carbons (Fsp3) is 1.00. The summed E-state index contributed by atoms with van der Waals surface area (Å²) in [6, 6.07) is 0. The minimum absolute atomic E-state index is 0. The van der Waals surface area contributed by atoms with Crippen molar-refractivity contribution in [2.24, 2.45) is 5.73 Å². The first-order chi connectivity index (χ1) is 3.41. The molecule has 0 bridgehead atoms. The van der Waals surface area contributed by atoms with E-state index in [0.29, 0.717) is 13.1 Å². The predicted octanol–water partition coefficient (Wildman–Crippen LogP) is -1.12. The molecule has 8 heavy (non-hydrogen) atoms. The fourth-order valence-electron chi connectivity index (χ4n) is 0.348. The molecule has 0 aromatic heterocycles. The van der Waals surface area contributed by atoms with E-state index >= 15 is 0 Å². The normalized spacial score (nSPS) is 8.25. The number of nitrogens with two attached hydrogens (primary N) is 1. The van der Waals surface area contributed by atoms with E-state index in [9.17, 15) is 0 Å². The van der Waals surface area contributed by atoms with Crippen LogP contribution in [0.5, 0.6) is 0 Å². The van der Waals surface area contributed by atoms with Gasteiger partial charge in [-0.1, -0.05) is 0 Å². The van der Waals surface area contributed by atoms with Gasteiger partial charge in [-0.25, -0.2) is 5.48 Å². The molecule has 0 saturated carbocycles. The van der Waals surface area contributed by atoms with Crippen molar-refractivity contribution >= 4 is 0 Å². The van der Waals surface area contributed by atoms with Gasteiger partial charge < -0.3 is 16.4 Å². The molecule has 0 saturated heterocycles. The lowest BCUT2D eigenvalue weighted by Crippen LogP contribution is -2.10. The summed E-state index contributed by atoms with van der Waals surface area (Å²) in [5.74, 6) is 0. The summed E-state index contributed by atoms with van der Waals surface area (Å²) in [5.41, 5.74) is 7.21. The van der Waals surface area contributed by atoms with Crippen molar-refractivity contribution in [2.75, 3.05) is 13.1 Å². The van der Waals surface area contributed by atoms with Gasteiger partial charge >= 0.3 is 0 Å². The zero-order valence-electron chi connectivity index (χ0n) is 4.85. The molecule has 52 valence electrons. The predicted molar refractivity (Wildman–Crippen MR) is 31.7 cm³/mol. The average molecular weight is 122 g/mol. The van der Waals surface area contributed by atoms with E-state index in [1.54, 1.807) is 0 Å². The lowest BCUT2D eigenvalue weighted by Gasteiger charge is -1.92. The minimum atomic E-state index is 0. The number of unbranched alkanes of at least 4 members (excludes halogenated alkanes) is 1. The minimum Gasteiger partial charge on any atom is -0.412 e. The van der Waals surface area contributed by atoms with Gasteiger partial charge in [-0.2, -0.15) is 0 Å². The Morgan fingerprint density at radius 2 is 2.00 bits per heavy atom. The van der Waals surface area contributed by atoms with Crippen LogP contribution in [0.1, 0.15) is 12.8 Å². The molecule has 0 radical (unpaired) electrons. The molecule has 0 rings (SSSR count). The number of hydroxylamine groups is 1. The molecule has 0 aliphatic rings. The third kappa shape index (κ3) is 9.28. The molecule has 0 aliphatic carbocycles. The fourth-order valence-corrected chi connectivity index (χ4v) is 0.348. The van der Waals surface area contributed by atoms with Gasteiger partial charge in [0, 0.05) is 6.54 Å². The second-order valence-electron chi connectivity index (χ2n) is 1.40. The van der Waals surface area contributed by atoms with Crippen molar-refractivity contribution in [2.45, 2.75) is 12.8 Å². The molecule has 0 spiro atoms. The highest BCUT2D eigenvalue weighted by atomic mass is 16.5. The number of hydrogen-bond acceptors (Lipinski definition) is 3.